The van der Waals surface area contributed by atoms with Gasteiger partial charge in [0.15, 0.2) is 5.06 Å². The Labute approximate surface area is 78.5 Å². The molecule has 11 heavy (non-hydrogen) atoms. The van der Waals surface area contributed by atoms with E-state index in [0.29, 0.717) is 0 Å². The molecule has 62 valence electrons. The van der Waals surface area contributed by atoms with Gasteiger partial charge in [-0.1, -0.05) is 0 Å². The summed E-state index contributed by atoms with van der Waals surface area (Å²) in [7, 11) is 1.65. The predicted octanol–water partition coefficient (Wildman–Crippen LogP) is 2.54. The summed E-state index contributed by atoms with van der Waals surface area (Å²) in [4.78, 5) is 1.13. The Morgan fingerprint density at radius 1 is 1.73 bits per heavy atom. The van der Waals surface area contributed by atoms with E-state index in [0.717, 1.165) is 14.4 Å². The number of nitrogens with two attached hydrogens (primary N) is 1. The van der Waals surface area contributed by atoms with Crippen molar-refractivity contribution < 1.29 is 4.74 Å². The van der Waals surface area contributed by atoms with Gasteiger partial charge in [0.1, 0.15) is 0 Å². The Bertz CT molecular complexity index is 247. The van der Waals surface area contributed by atoms with Crippen LogP contribution in [0.25, 0.3) is 0 Å². The quantitative estimate of drug-likeness (QED) is 0.856. The molecule has 0 aromatic carbocycles. The van der Waals surface area contributed by atoms with Gasteiger partial charge >= 0.3 is 0 Å². The van der Waals surface area contributed by atoms with Crippen LogP contribution in [0.5, 0.6) is 5.06 Å². The van der Waals surface area contributed by atoms with E-state index in [1.165, 1.54) is 0 Å². The number of halogens is 1. The van der Waals surface area contributed by atoms with Gasteiger partial charge in [0.25, 0.3) is 0 Å². The monoisotopic (exact) mass is 235 g/mol. The molecular weight excluding hydrogens is 226 g/mol. The number of hydrogen-bond acceptors (Lipinski definition) is 3. The van der Waals surface area contributed by atoms with Crippen molar-refractivity contribution in [3.8, 4) is 5.06 Å². The molecule has 0 saturated carbocycles. The van der Waals surface area contributed by atoms with E-state index in [1.807, 2.05) is 13.0 Å². The van der Waals surface area contributed by atoms with E-state index >= 15 is 0 Å². The summed E-state index contributed by atoms with van der Waals surface area (Å²) >= 11 is 4.95. The van der Waals surface area contributed by atoms with Crippen molar-refractivity contribution in [3.05, 3.63) is 15.4 Å². The van der Waals surface area contributed by atoms with E-state index in [4.69, 9.17) is 10.5 Å². The second-order valence-corrected chi connectivity index (χ2v) is 4.18. The number of hydrogen-bond donors (Lipinski definition) is 1. The maximum atomic E-state index is 5.68. The van der Waals surface area contributed by atoms with E-state index in [9.17, 15) is 0 Å². The molecule has 1 heterocycles. The summed E-state index contributed by atoms with van der Waals surface area (Å²) in [5.74, 6) is 0. The molecule has 0 aliphatic heterocycles. The number of thiophene rings is 1. The van der Waals surface area contributed by atoms with Crippen LogP contribution in [0.3, 0.4) is 0 Å². The number of rotatable bonds is 2. The van der Waals surface area contributed by atoms with Gasteiger partial charge < -0.3 is 10.5 Å². The van der Waals surface area contributed by atoms with E-state index in [-0.39, 0.29) is 6.04 Å². The Kier molecular flexibility index (Phi) is 2.92. The standard InChI is InChI=1S/C7H10BrNOS/c1-4(9)6-3-5(8)7(10-2)11-6/h3-4H,9H2,1-2H3/t4-/m1/s1. The van der Waals surface area contributed by atoms with Crippen molar-refractivity contribution >= 4 is 27.3 Å². The Morgan fingerprint density at radius 3 is 2.64 bits per heavy atom. The summed E-state index contributed by atoms with van der Waals surface area (Å²) < 4.78 is 6.08. The molecule has 0 unspecified atom stereocenters. The molecule has 1 atom stereocenters. The van der Waals surface area contributed by atoms with Crippen LogP contribution in [-0.4, -0.2) is 7.11 Å². The highest BCUT2D eigenvalue weighted by molar-refractivity contribution is 9.10. The van der Waals surface area contributed by atoms with E-state index in [2.05, 4.69) is 15.9 Å². The fourth-order valence-electron chi connectivity index (χ4n) is 0.733. The van der Waals surface area contributed by atoms with Crippen molar-refractivity contribution in [2.45, 2.75) is 13.0 Å². The Hall–Kier alpha value is -0.0600. The molecule has 2 nitrogen and oxygen atoms in total. The van der Waals surface area contributed by atoms with Crippen molar-refractivity contribution in [3.63, 3.8) is 0 Å². The lowest BCUT2D eigenvalue weighted by atomic mass is 10.3. The fraction of sp³-hybridized carbons (Fsp3) is 0.429. The van der Waals surface area contributed by atoms with Crippen molar-refractivity contribution in [1.29, 1.82) is 0 Å². The first-order valence-electron chi connectivity index (χ1n) is 3.24. The summed E-state index contributed by atoms with van der Waals surface area (Å²) in [5, 5.41) is 0.886. The van der Waals surface area contributed by atoms with Crippen LogP contribution in [0, 0.1) is 0 Å². The smallest absolute Gasteiger partial charge is 0.188 e. The van der Waals surface area contributed by atoms with Crippen LogP contribution >= 0.6 is 27.3 Å². The molecule has 0 saturated heterocycles. The molecule has 0 amide bonds. The normalized spacial score (nSPS) is 13.1. The number of ether oxygens (including phenoxy) is 1. The first-order valence-corrected chi connectivity index (χ1v) is 4.85. The molecule has 2 N–H and O–H groups in total. The van der Waals surface area contributed by atoms with Crippen LogP contribution in [0.4, 0.5) is 0 Å². The molecular formula is C7H10BrNOS. The lowest BCUT2D eigenvalue weighted by molar-refractivity contribution is 0.425. The maximum absolute atomic E-state index is 5.68. The molecule has 0 radical (unpaired) electrons. The third kappa shape index (κ3) is 1.95. The largest absolute Gasteiger partial charge is 0.486 e. The highest BCUT2D eigenvalue weighted by atomic mass is 79.9. The molecule has 0 fully saturated rings. The molecule has 1 aromatic heterocycles. The first kappa shape index (κ1) is 9.03. The summed E-state index contributed by atoms with van der Waals surface area (Å²) in [5.41, 5.74) is 5.68. The van der Waals surface area contributed by atoms with Crippen LogP contribution in [0.1, 0.15) is 17.8 Å². The predicted molar refractivity (Wildman–Crippen MR) is 51.2 cm³/mol. The fourth-order valence-corrected chi connectivity index (χ4v) is 2.35. The van der Waals surface area contributed by atoms with Crippen molar-refractivity contribution in [2.75, 3.05) is 7.11 Å². The number of methoxy groups -OCH3 is 1. The third-order valence-electron chi connectivity index (χ3n) is 1.31. The third-order valence-corrected chi connectivity index (χ3v) is 3.46. The van der Waals surface area contributed by atoms with Crippen LogP contribution in [-0.2, 0) is 0 Å². The molecule has 0 spiro atoms. The average molecular weight is 236 g/mol. The minimum absolute atomic E-state index is 0.0835. The van der Waals surface area contributed by atoms with Crippen LogP contribution in [0.2, 0.25) is 0 Å². The zero-order valence-electron chi connectivity index (χ0n) is 6.43. The minimum Gasteiger partial charge on any atom is -0.486 e. The van der Waals surface area contributed by atoms with Crippen molar-refractivity contribution in [1.82, 2.24) is 0 Å². The van der Waals surface area contributed by atoms with Gasteiger partial charge in [-0.25, -0.2) is 0 Å². The van der Waals surface area contributed by atoms with Gasteiger partial charge in [-0.05, 0) is 28.9 Å². The van der Waals surface area contributed by atoms with Gasteiger partial charge in [0.2, 0.25) is 0 Å². The summed E-state index contributed by atoms with van der Waals surface area (Å²) in [6.07, 6.45) is 0. The lowest BCUT2D eigenvalue weighted by Crippen LogP contribution is -2.01. The van der Waals surface area contributed by atoms with E-state index < -0.39 is 0 Å². The van der Waals surface area contributed by atoms with E-state index in [1.54, 1.807) is 18.4 Å². The second-order valence-electron chi connectivity index (χ2n) is 2.28. The van der Waals surface area contributed by atoms with Gasteiger partial charge in [-0.3, -0.25) is 0 Å². The highest BCUT2D eigenvalue weighted by Crippen LogP contribution is 2.36. The average Bonchev–Trinajstić information content (AvgIpc) is 2.31. The Morgan fingerprint density at radius 2 is 2.36 bits per heavy atom. The SMILES string of the molecule is COc1sc([C@@H](C)N)cc1Br. The lowest BCUT2D eigenvalue weighted by Gasteiger charge is -1.97. The maximum Gasteiger partial charge on any atom is 0.188 e. The zero-order chi connectivity index (χ0) is 8.43. The van der Waals surface area contributed by atoms with Crippen molar-refractivity contribution in [2.24, 2.45) is 5.73 Å². The molecule has 0 aliphatic carbocycles. The van der Waals surface area contributed by atoms with Gasteiger partial charge in [-0.15, -0.1) is 11.3 Å². The molecule has 0 aliphatic rings. The minimum atomic E-state index is 0.0835. The summed E-state index contributed by atoms with van der Waals surface area (Å²) in [6, 6.07) is 2.08. The second kappa shape index (κ2) is 3.56. The molecule has 0 bridgehead atoms. The van der Waals surface area contributed by atoms with Gasteiger partial charge in [0, 0.05) is 10.9 Å². The molecule has 1 aromatic rings. The Balaban J connectivity index is 2.95. The van der Waals surface area contributed by atoms with Crippen LogP contribution in [0.15, 0.2) is 10.5 Å². The molecule has 1 rings (SSSR count). The zero-order valence-corrected chi connectivity index (χ0v) is 8.83. The first-order chi connectivity index (χ1) is 5.15. The van der Waals surface area contributed by atoms with Gasteiger partial charge in [0.05, 0.1) is 11.6 Å². The molecule has 4 heteroatoms. The highest BCUT2D eigenvalue weighted by Gasteiger charge is 2.08. The summed E-state index contributed by atoms with van der Waals surface area (Å²) in [6.45, 7) is 1.96. The van der Waals surface area contributed by atoms with Gasteiger partial charge in [-0.2, -0.15) is 0 Å². The van der Waals surface area contributed by atoms with Crippen LogP contribution < -0.4 is 10.5 Å². The topological polar surface area (TPSA) is 35.2 Å².